The highest BCUT2D eigenvalue weighted by atomic mass is 16.4. The maximum absolute atomic E-state index is 12.5. The number of rotatable bonds is 2. The second kappa shape index (κ2) is 4.90. The number of amides is 1. The van der Waals surface area contributed by atoms with Crippen LogP contribution in [0.1, 0.15) is 28.2 Å². The Hall–Kier alpha value is -1.89. The summed E-state index contributed by atoms with van der Waals surface area (Å²) in [5.41, 5.74) is 2.55. The quantitative estimate of drug-likeness (QED) is 0.778. The molecule has 1 aliphatic heterocycles. The molecule has 1 fully saturated rings. The number of likely N-dealkylation sites (N-methyl/N-ethyl adjacent to an activating group) is 1. The summed E-state index contributed by atoms with van der Waals surface area (Å²) >= 11 is 0. The third-order valence-electron chi connectivity index (χ3n) is 4.23. The van der Waals surface area contributed by atoms with Crippen LogP contribution in [0, 0.1) is 0 Å². The van der Waals surface area contributed by atoms with E-state index in [-0.39, 0.29) is 12.5 Å². The number of hydrogen-bond donors (Lipinski definition) is 2. The van der Waals surface area contributed by atoms with Crippen LogP contribution in [0.3, 0.4) is 0 Å². The number of aliphatic carboxylic acids is 1. The molecule has 0 bridgehead atoms. The van der Waals surface area contributed by atoms with Gasteiger partial charge < -0.3 is 10.0 Å². The maximum Gasteiger partial charge on any atom is 0.322 e. The van der Waals surface area contributed by atoms with Gasteiger partial charge in [-0.25, -0.2) is 0 Å². The van der Waals surface area contributed by atoms with E-state index in [0.717, 1.165) is 30.5 Å². The van der Waals surface area contributed by atoms with Gasteiger partial charge in [0.05, 0.1) is 0 Å². The van der Waals surface area contributed by atoms with Crippen molar-refractivity contribution >= 4 is 11.9 Å². The first-order chi connectivity index (χ1) is 9.58. The Bertz CT molecular complexity index is 554. The molecule has 108 valence electrons. The van der Waals surface area contributed by atoms with Crippen molar-refractivity contribution in [1.82, 2.24) is 20.0 Å². The van der Waals surface area contributed by atoms with Gasteiger partial charge in [-0.2, -0.15) is 5.10 Å². The van der Waals surface area contributed by atoms with Gasteiger partial charge in [-0.1, -0.05) is 0 Å². The highest BCUT2D eigenvalue weighted by Gasteiger charge is 2.34. The fourth-order valence-corrected chi connectivity index (χ4v) is 2.97. The number of piperazine rings is 1. The van der Waals surface area contributed by atoms with Crippen molar-refractivity contribution in [3.63, 3.8) is 0 Å². The van der Waals surface area contributed by atoms with Gasteiger partial charge in [0, 0.05) is 30.9 Å². The number of aromatic nitrogens is 2. The van der Waals surface area contributed by atoms with E-state index in [2.05, 4.69) is 10.2 Å². The minimum atomic E-state index is -0.891. The van der Waals surface area contributed by atoms with Gasteiger partial charge in [0.1, 0.15) is 6.04 Å². The van der Waals surface area contributed by atoms with Crippen molar-refractivity contribution in [3.8, 4) is 0 Å². The van der Waals surface area contributed by atoms with Gasteiger partial charge in [-0.05, 0) is 26.3 Å². The van der Waals surface area contributed by atoms with Crippen molar-refractivity contribution in [2.75, 3.05) is 26.7 Å². The van der Waals surface area contributed by atoms with Crippen molar-refractivity contribution in [1.29, 1.82) is 0 Å². The molecule has 1 atom stereocenters. The van der Waals surface area contributed by atoms with E-state index in [1.807, 2.05) is 0 Å². The number of carbonyl (C=O) groups excluding carboxylic acids is 1. The molecule has 0 radical (unpaired) electrons. The van der Waals surface area contributed by atoms with E-state index >= 15 is 0 Å². The highest BCUT2D eigenvalue weighted by Crippen LogP contribution is 2.24. The van der Waals surface area contributed by atoms with Crippen LogP contribution in [-0.4, -0.2) is 69.7 Å². The number of carboxylic acids is 1. The van der Waals surface area contributed by atoms with Gasteiger partial charge in [0.25, 0.3) is 5.91 Å². The normalized spacial score (nSPS) is 22.9. The van der Waals surface area contributed by atoms with Crippen molar-refractivity contribution in [3.05, 3.63) is 17.0 Å². The number of fused-ring (bicyclic) bond motifs is 1. The fraction of sp³-hybridized carbons (Fsp3) is 0.615. The summed E-state index contributed by atoms with van der Waals surface area (Å²) in [6.07, 6.45) is 2.86. The average molecular weight is 278 g/mol. The molecule has 1 aliphatic carbocycles. The Balaban J connectivity index is 1.79. The zero-order chi connectivity index (χ0) is 14.3. The van der Waals surface area contributed by atoms with Crippen LogP contribution in [0.4, 0.5) is 0 Å². The molecule has 0 aromatic carbocycles. The highest BCUT2D eigenvalue weighted by molar-refractivity contribution is 5.94. The molecule has 1 unspecified atom stereocenters. The minimum Gasteiger partial charge on any atom is -0.480 e. The second-order valence-corrected chi connectivity index (χ2v) is 5.47. The third-order valence-corrected chi connectivity index (χ3v) is 4.23. The number of aryl methyl sites for hydroxylation is 1. The molecule has 1 aromatic heterocycles. The summed E-state index contributed by atoms with van der Waals surface area (Å²) in [6, 6.07) is -0.639. The molecular formula is C13H18N4O3. The number of carboxylic acid groups (broad SMARTS) is 1. The van der Waals surface area contributed by atoms with Crippen LogP contribution in [-0.2, 0) is 17.6 Å². The third kappa shape index (κ3) is 2.07. The van der Waals surface area contributed by atoms with Crippen LogP contribution in [0.25, 0.3) is 0 Å². The van der Waals surface area contributed by atoms with Crippen molar-refractivity contribution in [2.24, 2.45) is 0 Å². The standard InChI is InChI=1S/C13H18N4O3/c1-16-5-6-17(7-10(16)13(19)20)12(18)11-8-3-2-4-9(8)14-15-11/h10H,2-7H2,1H3,(H,14,15)(H,19,20). The zero-order valence-corrected chi connectivity index (χ0v) is 11.4. The molecule has 2 aliphatic rings. The molecule has 1 amide bonds. The lowest BCUT2D eigenvalue weighted by atomic mass is 10.1. The van der Waals surface area contributed by atoms with Crippen LogP contribution in [0.5, 0.6) is 0 Å². The van der Waals surface area contributed by atoms with E-state index < -0.39 is 12.0 Å². The number of aromatic amines is 1. The lowest BCUT2D eigenvalue weighted by molar-refractivity contribution is -0.144. The number of hydrogen-bond acceptors (Lipinski definition) is 4. The first-order valence-corrected chi connectivity index (χ1v) is 6.86. The summed E-state index contributed by atoms with van der Waals surface area (Å²) in [5.74, 6) is -1.04. The van der Waals surface area contributed by atoms with E-state index in [1.54, 1.807) is 16.8 Å². The summed E-state index contributed by atoms with van der Waals surface area (Å²) < 4.78 is 0. The molecule has 7 heteroatoms. The lowest BCUT2D eigenvalue weighted by Gasteiger charge is -2.36. The number of carbonyl (C=O) groups is 2. The SMILES string of the molecule is CN1CCN(C(=O)c2n[nH]c3c2CCC3)CC1C(=O)O. The summed E-state index contributed by atoms with van der Waals surface area (Å²) in [7, 11) is 1.77. The van der Waals surface area contributed by atoms with E-state index in [0.29, 0.717) is 18.8 Å². The Morgan fingerprint density at radius 2 is 2.15 bits per heavy atom. The van der Waals surface area contributed by atoms with Crippen molar-refractivity contribution in [2.45, 2.75) is 25.3 Å². The minimum absolute atomic E-state index is 0.149. The van der Waals surface area contributed by atoms with Gasteiger partial charge in [-0.15, -0.1) is 0 Å². The van der Waals surface area contributed by atoms with Crippen LogP contribution >= 0.6 is 0 Å². The zero-order valence-electron chi connectivity index (χ0n) is 11.4. The molecule has 3 rings (SSSR count). The first kappa shape index (κ1) is 13.1. The second-order valence-electron chi connectivity index (χ2n) is 5.47. The molecule has 1 saturated heterocycles. The average Bonchev–Trinajstić information content (AvgIpc) is 3.00. The van der Waals surface area contributed by atoms with Crippen LogP contribution < -0.4 is 0 Å². The number of nitrogens with zero attached hydrogens (tertiary/aromatic N) is 3. The number of nitrogens with one attached hydrogen (secondary N) is 1. The van der Waals surface area contributed by atoms with E-state index in [9.17, 15) is 14.7 Å². The predicted molar refractivity (Wildman–Crippen MR) is 70.6 cm³/mol. The molecule has 0 saturated carbocycles. The van der Waals surface area contributed by atoms with E-state index in [1.165, 1.54) is 0 Å². The van der Waals surface area contributed by atoms with Gasteiger partial charge in [-0.3, -0.25) is 19.6 Å². The van der Waals surface area contributed by atoms with Gasteiger partial charge in [0.2, 0.25) is 0 Å². The molecule has 2 N–H and O–H groups in total. The Morgan fingerprint density at radius 1 is 1.35 bits per heavy atom. The number of H-pyrrole nitrogens is 1. The Kier molecular flexibility index (Phi) is 3.21. The van der Waals surface area contributed by atoms with Gasteiger partial charge in [0.15, 0.2) is 5.69 Å². The lowest BCUT2D eigenvalue weighted by Crippen LogP contribution is -2.56. The summed E-state index contributed by atoms with van der Waals surface area (Å²) in [4.78, 5) is 27.1. The molecule has 7 nitrogen and oxygen atoms in total. The summed E-state index contributed by atoms with van der Waals surface area (Å²) in [5, 5.41) is 16.2. The molecule has 2 heterocycles. The molecule has 20 heavy (non-hydrogen) atoms. The van der Waals surface area contributed by atoms with Gasteiger partial charge >= 0.3 is 5.97 Å². The maximum atomic E-state index is 12.5. The fourth-order valence-electron chi connectivity index (χ4n) is 2.97. The Morgan fingerprint density at radius 3 is 2.90 bits per heavy atom. The van der Waals surface area contributed by atoms with E-state index in [4.69, 9.17) is 0 Å². The monoisotopic (exact) mass is 278 g/mol. The largest absolute Gasteiger partial charge is 0.480 e. The molecule has 0 spiro atoms. The van der Waals surface area contributed by atoms with Crippen molar-refractivity contribution < 1.29 is 14.7 Å². The van der Waals surface area contributed by atoms with Crippen LogP contribution in [0.15, 0.2) is 0 Å². The first-order valence-electron chi connectivity index (χ1n) is 6.86. The summed E-state index contributed by atoms with van der Waals surface area (Å²) in [6.45, 7) is 1.32. The molecule has 1 aromatic rings. The Labute approximate surface area is 116 Å². The smallest absolute Gasteiger partial charge is 0.322 e. The topological polar surface area (TPSA) is 89.5 Å². The predicted octanol–water partition coefficient (Wildman–Crippen LogP) is -0.261. The van der Waals surface area contributed by atoms with Crippen LogP contribution in [0.2, 0.25) is 0 Å². The molecular weight excluding hydrogens is 260 g/mol.